The summed E-state index contributed by atoms with van der Waals surface area (Å²) in [7, 11) is 1.57. The molecule has 144 valence electrons. The van der Waals surface area contributed by atoms with Crippen LogP contribution in [0.25, 0.3) is 11.5 Å². The number of imide groups is 1. The van der Waals surface area contributed by atoms with Crippen molar-refractivity contribution in [2.24, 2.45) is 0 Å². The first-order valence-electron chi connectivity index (χ1n) is 8.01. The maximum absolute atomic E-state index is 13.5. The van der Waals surface area contributed by atoms with Crippen molar-refractivity contribution >= 4 is 29.4 Å². The number of nitrogens with one attached hydrogen (secondary N) is 2. The topological polar surface area (TPSA) is 106 Å². The van der Waals surface area contributed by atoms with E-state index in [1.807, 2.05) is 0 Å². The molecule has 0 saturated carbocycles. The molecule has 0 aliphatic rings. The Bertz CT molecular complexity index is 978. The number of aromatic nitrogens is 2. The predicted molar refractivity (Wildman–Crippen MR) is 101 cm³/mol. The van der Waals surface area contributed by atoms with Crippen LogP contribution in [0.1, 0.15) is 0 Å². The summed E-state index contributed by atoms with van der Waals surface area (Å²) in [5.74, 6) is -0.333. The number of para-hydroxylation sites is 1. The van der Waals surface area contributed by atoms with E-state index in [0.717, 1.165) is 11.8 Å². The number of methoxy groups -OCH3 is 1. The molecule has 2 N–H and O–H groups in total. The molecule has 0 radical (unpaired) electrons. The van der Waals surface area contributed by atoms with Gasteiger partial charge in [-0.2, -0.15) is 0 Å². The molecular formula is C18H15FN4O4S. The molecule has 0 spiro atoms. The Balaban J connectivity index is 1.50. The molecule has 0 fully saturated rings. The van der Waals surface area contributed by atoms with Gasteiger partial charge in [-0.05, 0) is 36.4 Å². The van der Waals surface area contributed by atoms with Gasteiger partial charge in [0.1, 0.15) is 11.6 Å². The van der Waals surface area contributed by atoms with Crippen LogP contribution < -0.4 is 15.4 Å². The SMILES string of the molecule is COc1ccc(-c2nnc(SCC(=O)NC(=O)Nc3ccccc3F)o2)cc1. The number of rotatable bonds is 6. The average Bonchev–Trinajstić information content (AvgIpc) is 3.17. The van der Waals surface area contributed by atoms with Crippen molar-refractivity contribution in [2.75, 3.05) is 18.2 Å². The first-order chi connectivity index (χ1) is 13.5. The Hall–Kier alpha value is -3.40. The van der Waals surface area contributed by atoms with E-state index in [1.54, 1.807) is 37.4 Å². The van der Waals surface area contributed by atoms with Crippen LogP contribution in [0.3, 0.4) is 0 Å². The second kappa shape index (κ2) is 9.00. The van der Waals surface area contributed by atoms with Crippen LogP contribution in [-0.2, 0) is 4.79 Å². The number of carbonyl (C=O) groups is 2. The molecule has 28 heavy (non-hydrogen) atoms. The van der Waals surface area contributed by atoms with Crippen LogP contribution >= 0.6 is 11.8 Å². The number of halogens is 1. The summed E-state index contributed by atoms with van der Waals surface area (Å²) < 4.78 is 24.0. The van der Waals surface area contributed by atoms with Crippen LogP contribution in [0.4, 0.5) is 14.9 Å². The molecule has 0 aliphatic carbocycles. The number of thioether (sulfide) groups is 1. The molecule has 0 atom stereocenters. The summed E-state index contributed by atoms with van der Waals surface area (Å²) in [6.07, 6.45) is 0. The number of anilines is 1. The monoisotopic (exact) mass is 402 g/mol. The minimum absolute atomic E-state index is 0.0264. The maximum Gasteiger partial charge on any atom is 0.325 e. The summed E-state index contributed by atoms with van der Waals surface area (Å²) in [6.45, 7) is 0. The van der Waals surface area contributed by atoms with Crippen LogP contribution in [0, 0.1) is 5.82 Å². The van der Waals surface area contributed by atoms with Gasteiger partial charge in [0.25, 0.3) is 5.22 Å². The number of benzene rings is 2. The molecule has 1 aromatic heterocycles. The van der Waals surface area contributed by atoms with Crippen LogP contribution in [0.15, 0.2) is 58.2 Å². The zero-order chi connectivity index (χ0) is 19.9. The second-order valence-corrected chi connectivity index (χ2v) is 6.30. The molecule has 1 heterocycles. The van der Waals surface area contributed by atoms with Gasteiger partial charge in [-0.15, -0.1) is 10.2 Å². The highest BCUT2D eigenvalue weighted by Crippen LogP contribution is 2.24. The summed E-state index contributed by atoms with van der Waals surface area (Å²) in [5.41, 5.74) is 0.676. The second-order valence-electron chi connectivity index (χ2n) is 5.37. The van der Waals surface area contributed by atoms with Crippen LogP contribution in [0.2, 0.25) is 0 Å². The first kappa shape index (κ1) is 19.4. The van der Waals surface area contributed by atoms with Crippen LogP contribution in [0.5, 0.6) is 5.75 Å². The number of ether oxygens (including phenoxy) is 1. The van der Waals surface area contributed by atoms with Gasteiger partial charge in [-0.3, -0.25) is 10.1 Å². The van der Waals surface area contributed by atoms with Gasteiger partial charge in [0.15, 0.2) is 0 Å². The molecule has 2 aromatic carbocycles. The third-order valence-corrected chi connectivity index (χ3v) is 4.26. The van der Waals surface area contributed by atoms with Crippen molar-refractivity contribution in [3.05, 3.63) is 54.3 Å². The van der Waals surface area contributed by atoms with E-state index in [4.69, 9.17) is 9.15 Å². The molecule has 0 unspecified atom stereocenters. The number of nitrogens with zero attached hydrogens (tertiary/aromatic N) is 2. The third-order valence-electron chi connectivity index (χ3n) is 3.45. The fraction of sp³-hybridized carbons (Fsp3) is 0.111. The molecule has 8 nitrogen and oxygen atoms in total. The molecule has 3 amide bonds. The Morgan fingerprint density at radius 1 is 1.14 bits per heavy atom. The van der Waals surface area contributed by atoms with Gasteiger partial charge in [0, 0.05) is 5.56 Å². The summed E-state index contributed by atoms with van der Waals surface area (Å²) in [6, 6.07) is 11.8. The van der Waals surface area contributed by atoms with Gasteiger partial charge >= 0.3 is 6.03 Å². The number of urea groups is 1. The zero-order valence-corrected chi connectivity index (χ0v) is 15.5. The van der Waals surface area contributed by atoms with E-state index in [0.29, 0.717) is 17.2 Å². The van der Waals surface area contributed by atoms with E-state index in [2.05, 4.69) is 20.8 Å². The lowest BCUT2D eigenvalue weighted by atomic mass is 10.2. The molecular weight excluding hydrogens is 387 g/mol. The Morgan fingerprint density at radius 2 is 1.89 bits per heavy atom. The van der Waals surface area contributed by atoms with Crippen molar-refractivity contribution in [1.82, 2.24) is 15.5 Å². The molecule has 10 heteroatoms. The highest BCUT2D eigenvalue weighted by atomic mass is 32.2. The van der Waals surface area contributed by atoms with Gasteiger partial charge in [-0.1, -0.05) is 23.9 Å². The Labute approximate surface area is 163 Å². The summed E-state index contributed by atoms with van der Waals surface area (Å²) >= 11 is 0.972. The number of carbonyl (C=O) groups excluding carboxylic acids is 2. The lowest BCUT2D eigenvalue weighted by molar-refractivity contribution is -0.117. The van der Waals surface area contributed by atoms with Crippen molar-refractivity contribution in [1.29, 1.82) is 0 Å². The molecule has 0 bridgehead atoms. The van der Waals surface area contributed by atoms with E-state index in [9.17, 15) is 14.0 Å². The molecule has 0 saturated heterocycles. The van der Waals surface area contributed by atoms with E-state index < -0.39 is 17.8 Å². The van der Waals surface area contributed by atoms with E-state index in [-0.39, 0.29) is 16.7 Å². The fourth-order valence-electron chi connectivity index (χ4n) is 2.12. The van der Waals surface area contributed by atoms with Gasteiger partial charge in [0.2, 0.25) is 11.8 Å². The lowest BCUT2D eigenvalue weighted by Crippen LogP contribution is -2.35. The maximum atomic E-state index is 13.5. The molecule has 3 aromatic rings. The quantitative estimate of drug-likeness (QED) is 0.609. The third kappa shape index (κ3) is 5.07. The Morgan fingerprint density at radius 3 is 2.61 bits per heavy atom. The van der Waals surface area contributed by atoms with E-state index >= 15 is 0 Å². The van der Waals surface area contributed by atoms with Crippen molar-refractivity contribution < 1.29 is 23.1 Å². The summed E-state index contributed by atoms with van der Waals surface area (Å²) in [4.78, 5) is 23.6. The van der Waals surface area contributed by atoms with Crippen molar-refractivity contribution in [3.8, 4) is 17.2 Å². The fourth-order valence-corrected chi connectivity index (χ4v) is 2.69. The number of hydrogen-bond acceptors (Lipinski definition) is 7. The van der Waals surface area contributed by atoms with Gasteiger partial charge < -0.3 is 14.5 Å². The Kier molecular flexibility index (Phi) is 6.22. The highest BCUT2D eigenvalue weighted by Gasteiger charge is 2.14. The largest absolute Gasteiger partial charge is 0.497 e. The molecule has 3 rings (SSSR count). The highest BCUT2D eigenvalue weighted by molar-refractivity contribution is 7.99. The lowest BCUT2D eigenvalue weighted by Gasteiger charge is -2.06. The van der Waals surface area contributed by atoms with Crippen LogP contribution in [-0.4, -0.2) is 35.0 Å². The van der Waals surface area contributed by atoms with Crippen molar-refractivity contribution in [3.63, 3.8) is 0 Å². The minimum atomic E-state index is -0.833. The number of amides is 3. The van der Waals surface area contributed by atoms with Gasteiger partial charge in [-0.25, -0.2) is 9.18 Å². The first-order valence-corrected chi connectivity index (χ1v) is 9.00. The molecule has 0 aliphatic heterocycles. The standard InChI is InChI=1S/C18H15FN4O4S/c1-26-12-8-6-11(7-9-12)16-22-23-18(27-16)28-10-15(24)21-17(25)20-14-5-3-2-4-13(14)19/h2-9H,10H2,1H3,(H2,20,21,24,25). The predicted octanol–water partition coefficient (Wildman–Crippen LogP) is 3.32. The average molecular weight is 402 g/mol. The minimum Gasteiger partial charge on any atom is -0.497 e. The number of hydrogen-bond donors (Lipinski definition) is 2. The van der Waals surface area contributed by atoms with Crippen molar-refractivity contribution in [2.45, 2.75) is 5.22 Å². The van der Waals surface area contributed by atoms with E-state index in [1.165, 1.54) is 18.2 Å². The zero-order valence-electron chi connectivity index (χ0n) is 14.6. The smallest absolute Gasteiger partial charge is 0.325 e. The normalized spacial score (nSPS) is 10.4. The summed E-state index contributed by atoms with van der Waals surface area (Å²) in [5, 5.41) is 12.3. The van der Waals surface area contributed by atoms with Gasteiger partial charge in [0.05, 0.1) is 18.6 Å².